The summed E-state index contributed by atoms with van der Waals surface area (Å²) in [6, 6.07) is 0. The van der Waals surface area contributed by atoms with E-state index in [4.69, 9.17) is 15.2 Å². The number of carbonyl (C=O) groups is 1. The van der Waals surface area contributed by atoms with E-state index < -0.39 is 5.97 Å². The van der Waals surface area contributed by atoms with Crippen molar-refractivity contribution in [1.29, 1.82) is 0 Å². The number of rotatable bonds is 5. The average Bonchev–Trinajstić information content (AvgIpc) is 2.53. The molecule has 0 fully saturated rings. The van der Waals surface area contributed by atoms with Crippen molar-refractivity contribution in [3.8, 4) is 0 Å². The van der Waals surface area contributed by atoms with E-state index in [0.29, 0.717) is 29.5 Å². The molecular formula is C9H14N2O3S. The van der Waals surface area contributed by atoms with E-state index in [1.54, 1.807) is 6.92 Å². The van der Waals surface area contributed by atoms with E-state index in [2.05, 4.69) is 4.37 Å². The van der Waals surface area contributed by atoms with Crippen LogP contribution in [0.1, 0.15) is 23.0 Å². The lowest BCUT2D eigenvalue weighted by atomic mass is 10.2. The lowest BCUT2D eigenvalue weighted by Gasteiger charge is -2.04. The third-order valence-electron chi connectivity index (χ3n) is 1.76. The second kappa shape index (κ2) is 5.67. The van der Waals surface area contributed by atoms with Gasteiger partial charge in [0.05, 0.1) is 12.3 Å². The Morgan fingerprint density at radius 3 is 2.80 bits per heavy atom. The molecule has 0 aliphatic rings. The smallest absolute Gasteiger partial charge is 0.343 e. The fourth-order valence-electron chi connectivity index (χ4n) is 1.05. The molecular weight excluding hydrogens is 216 g/mol. The Bertz CT molecular complexity index is 319. The van der Waals surface area contributed by atoms with Gasteiger partial charge in [0.1, 0.15) is 17.2 Å². The number of nitrogen functional groups attached to an aromatic ring is 1. The van der Waals surface area contributed by atoms with Gasteiger partial charge in [-0.1, -0.05) is 0 Å². The zero-order valence-electron chi connectivity index (χ0n) is 8.78. The van der Waals surface area contributed by atoms with Crippen molar-refractivity contribution >= 4 is 22.5 Å². The van der Waals surface area contributed by atoms with E-state index in [1.807, 2.05) is 6.92 Å². The summed E-state index contributed by atoms with van der Waals surface area (Å²) in [5.74, 6) is -0.432. The van der Waals surface area contributed by atoms with Crippen LogP contribution >= 0.6 is 11.5 Å². The number of aromatic nitrogens is 1. The standard InChI is InChI=1S/C9H14N2O3S/c1-3-13-4-5-14-9(12)7-6(2)11-15-8(7)10/h3-5,10H2,1-2H3. The maximum atomic E-state index is 11.5. The van der Waals surface area contributed by atoms with Crippen molar-refractivity contribution in [3.05, 3.63) is 11.3 Å². The first-order valence-corrected chi connectivity index (χ1v) is 5.40. The molecule has 84 valence electrons. The number of ether oxygens (including phenoxy) is 2. The van der Waals surface area contributed by atoms with E-state index in [1.165, 1.54) is 0 Å². The van der Waals surface area contributed by atoms with E-state index in [9.17, 15) is 4.79 Å². The van der Waals surface area contributed by atoms with Gasteiger partial charge in [0.25, 0.3) is 0 Å². The summed E-state index contributed by atoms with van der Waals surface area (Å²) in [6.07, 6.45) is 0. The van der Waals surface area contributed by atoms with Crippen LogP contribution in [0.5, 0.6) is 0 Å². The van der Waals surface area contributed by atoms with Crippen LogP contribution in [-0.2, 0) is 9.47 Å². The highest BCUT2D eigenvalue weighted by molar-refractivity contribution is 7.10. The molecule has 5 nitrogen and oxygen atoms in total. The maximum absolute atomic E-state index is 11.5. The highest BCUT2D eigenvalue weighted by Crippen LogP contribution is 2.21. The SMILES string of the molecule is CCOCCOC(=O)c1c(C)nsc1N. The second-order valence-corrected chi connectivity index (χ2v) is 3.65. The molecule has 0 saturated heterocycles. The van der Waals surface area contributed by atoms with Gasteiger partial charge < -0.3 is 15.2 Å². The Morgan fingerprint density at radius 2 is 2.27 bits per heavy atom. The van der Waals surface area contributed by atoms with Gasteiger partial charge in [0, 0.05) is 6.61 Å². The highest BCUT2D eigenvalue weighted by Gasteiger charge is 2.17. The monoisotopic (exact) mass is 230 g/mol. The van der Waals surface area contributed by atoms with E-state index in [0.717, 1.165) is 11.5 Å². The first-order chi connectivity index (χ1) is 7.16. The molecule has 0 aliphatic heterocycles. The third kappa shape index (κ3) is 3.17. The van der Waals surface area contributed by atoms with Crippen LogP contribution in [0.15, 0.2) is 0 Å². The number of hydrogen-bond acceptors (Lipinski definition) is 6. The fraction of sp³-hybridized carbons (Fsp3) is 0.556. The largest absolute Gasteiger partial charge is 0.460 e. The summed E-state index contributed by atoms with van der Waals surface area (Å²) in [5, 5.41) is 0.397. The van der Waals surface area contributed by atoms with Crippen LogP contribution in [0.2, 0.25) is 0 Å². The Hall–Kier alpha value is -1.14. The number of nitrogens with two attached hydrogens (primary N) is 1. The Morgan fingerprint density at radius 1 is 1.53 bits per heavy atom. The lowest BCUT2D eigenvalue weighted by molar-refractivity contribution is 0.0336. The van der Waals surface area contributed by atoms with Gasteiger partial charge in [-0.3, -0.25) is 0 Å². The quantitative estimate of drug-likeness (QED) is 0.608. The number of hydrogen-bond donors (Lipinski definition) is 1. The molecule has 2 N–H and O–H groups in total. The molecule has 0 radical (unpaired) electrons. The molecule has 0 aromatic carbocycles. The minimum Gasteiger partial charge on any atom is -0.460 e. The fourth-order valence-corrected chi connectivity index (χ4v) is 1.69. The molecule has 0 atom stereocenters. The van der Waals surface area contributed by atoms with Crippen LogP contribution in [0.25, 0.3) is 0 Å². The number of esters is 1. The molecule has 0 bridgehead atoms. The van der Waals surface area contributed by atoms with Crippen molar-refractivity contribution in [1.82, 2.24) is 4.37 Å². The zero-order chi connectivity index (χ0) is 11.3. The number of carbonyl (C=O) groups excluding carboxylic acids is 1. The van der Waals surface area contributed by atoms with Gasteiger partial charge in [0.15, 0.2) is 0 Å². The normalized spacial score (nSPS) is 10.3. The van der Waals surface area contributed by atoms with Crippen molar-refractivity contribution in [2.75, 3.05) is 25.6 Å². The van der Waals surface area contributed by atoms with Crippen LogP contribution in [0.4, 0.5) is 5.00 Å². The number of anilines is 1. The molecule has 0 aliphatic carbocycles. The van der Waals surface area contributed by atoms with Crippen molar-refractivity contribution < 1.29 is 14.3 Å². The Balaban J connectivity index is 2.47. The summed E-state index contributed by atoms with van der Waals surface area (Å²) in [6.45, 7) is 4.86. The van der Waals surface area contributed by atoms with Crippen molar-refractivity contribution in [3.63, 3.8) is 0 Å². The van der Waals surface area contributed by atoms with Gasteiger partial charge in [-0.15, -0.1) is 0 Å². The number of nitrogens with zero attached hydrogens (tertiary/aromatic N) is 1. The van der Waals surface area contributed by atoms with Gasteiger partial charge in [0.2, 0.25) is 0 Å². The van der Waals surface area contributed by atoms with Gasteiger partial charge in [-0.2, -0.15) is 4.37 Å². The Labute approximate surface area is 92.4 Å². The Kier molecular flexibility index (Phi) is 4.51. The van der Waals surface area contributed by atoms with Gasteiger partial charge in [-0.25, -0.2) is 4.79 Å². The first kappa shape index (κ1) is 11.9. The summed E-state index contributed by atoms with van der Waals surface area (Å²) in [4.78, 5) is 11.5. The molecule has 1 aromatic heterocycles. The van der Waals surface area contributed by atoms with E-state index >= 15 is 0 Å². The minimum absolute atomic E-state index is 0.238. The maximum Gasteiger partial charge on any atom is 0.343 e. The summed E-state index contributed by atoms with van der Waals surface area (Å²) < 4.78 is 14.0. The molecule has 1 heterocycles. The molecule has 0 amide bonds. The van der Waals surface area contributed by atoms with Crippen molar-refractivity contribution in [2.24, 2.45) is 0 Å². The first-order valence-electron chi connectivity index (χ1n) is 4.63. The summed E-state index contributed by atoms with van der Waals surface area (Å²) in [7, 11) is 0. The average molecular weight is 230 g/mol. The van der Waals surface area contributed by atoms with Crippen LogP contribution in [-0.4, -0.2) is 30.2 Å². The van der Waals surface area contributed by atoms with Crippen LogP contribution in [0, 0.1) is 6.92 Å². The van der Waals surface area contributed by atoms with Crippen LogP contribution < -0.4 is 5.73 Å². The van der Waals surface area contributed by atoms with Gasteiger partial charge >= 0.3 is 5.97 Å². The second-order valence-electron chi connectivity index (χ2n) is 2.84. The predicted octanol–water partition coefficient (Wildman–Crippen LogP) is 1.23. The summed E-state index contributed by atoms with van der Waals surface area (Å²) >= 11 is 1.10. The zero-order valence-corrected chi connectivity index (χ0v) is 9.60. The molecule has 1 rings (SSSR count). The molecule has 1 aromatic rings. The van der Waals surface area contributed by atoms with Crippen LogP contribution in [0.3, 0.4) is 0 Å². The molecule has 0 saturated carbocycles. The highest BCUT2D eigenvalue weighted by atomic mass is 32.1. The molecule has 0 spiro atoms. The number of aryl methyl sites for hydroxylation is 1. The predicted molar refractivity (Wildman–Crippen MR) is 58.0 cm³/mol. The molecule has 6 heteroatoms. The molecule has 0 unspecified atom stereocenters. The van der Waals surface area contributed by atoms with E-state index in [-0.39, 0.29) is 6.61 Å². The van der Waals surface area contributed by atoms with Gasteiger partial charge in [-0.05, 0) is 25.4 Å². The molecule has 15 heavy (non-hydrogen) atoms. The summed E-state index contributed by atoms with van der Waals surface area (Å²) in [5.41, 5.74) is 6.58. The minimum atomic E-state index is -0.432. The third-order valence-corrected chi connectivity index (χ3v) is 2.52. The topological polar surface area (TPSA) is 74.4 Å². The van der Waals surface area contributed by atoms with Crippen molar-refractivity contribution in [2.45, 2.75) is 13.8 Å². The lowest BCUT2D eigenvalue weighted by Crippen LogP contribution is -2.12.